The fourth-order valence-electron chi connectivity index (χ4n) is 8.17. The number of hydrogen-bond donors (Lipinski definition) is 1. The highest BCUT2D eigenvalue weighted by atomic mass is 19.3. The highest BCUT2D eigenvalue weighted by Crippen LogP contribution is 2.64. The molecule has 7 rings (SSSR count). The Morgan fingerprint density at radius 2 is 1.80 bits per heavy atom. The Balaban J connectivity index is 1.24. The van der Waals surface area contributed by atoms with Gasteiger partial charge in [0.05, 0.1) is 16.9 Å². The number of carboxylic acids is 1. The zero-order chi connectivity index (χ0) is 21.1. The molecule has 0 aromatic carbocycles. The lowest BCUT2D eigenvalue weighted by molar-refractivity contribution is -0.322. The number of fused-ring (bicyclic) bond motifs is 1. The SMILES string of the molecule is O=C1OC2C3CC(CC13)C2OC(=O)C12CC3CC(CC(OC(F)(F)C(=O)O)(C3)C1)C2. The highest BCUT2D eigenvalue weighted by molar-refractivity contribution is 5.79. The van der Waals surface area contributed by atoms with Crippen LogP contribution < -0.4 is 0 Å². The first-order valence-corrected chi connectivity index (χ1v) is 10.8. The van der Waals surface area contributed by atoms with Gasteiger partial charge in [0, 0.05) is 11.8 Å². The molecule has 1 heterocycles. The monoisotopic (exact) mass is 426 g/mol. The Labute approximate surface area is 171 Å². The van der Waals surface area contributed by atoms with E-state index < -0.39 is 35.2 Å². The summed E-state index contributed by atoms with van der Waals surface area (Å²) >= 11 is 0. The minimum absolute atomic E-state index is 0.0390. The van der Waals surface area contributed by atoms with Crippen LogP contribution in [0.25, 0.3) is 0 Å². The van der Waals surface area contributed by atoms with Crippen molar-refractivity contribution in [3.63, 3.8) is 0 Å². The number of hydrogen-bond acceptors (Lipinski definition) is 6. The van der Waals surface area contributed by atoms with E-state index in [1.807, 2.05) is 0 Å². The first-order chi connectivity index (χ1) is 14.1. The van der Waals surface area contributed by atoms with E-state index in [1.165, 1.54) is 0 Å². The van der Waals surface area contributed by atoms with Crippen molar-refractivity contribution in [1.82, 2.24) is 0 Å². The second kappa shape index (κ2) is 5.72. The summed E-state index contributed by atoms with van der Waals surface area (Å²) in [6.07, 6.45) is -0.944. The average molecular weight is 426 g/mol. The molecule has 6 saturated carbocycles. The van der Waals surface area contributed by atoms with E-state index in [1.54, 1.807) is 0 Å². The van der Waals surface area contributed by atoms with Crippen LogP contribution in [0, 0.1) is 35.0 Å². The van der Waals surface area contributed by atoms with Crippen molar-refractivity contribution in [2.24, 2.45) is 35.0 Å². The van der Waals surface area contributed by atoms with E-state index in [-0.39, 0.29) is 48.1 Å². The smallest absolute Gasteiger partial charge is 0.456 e. The molecular weight excluding hydrogens is 402 g/mol. The summed E-state index contributed by atoms with van der Waals surface area (Å²) < 4.78 is 44.3. The summed E-state index contributed by atoms with van der Waals surface area (Å²) in [4.78, 5) is 36.3. The van der Waals surface area contributed by atoms with Gasteiger partial charge in [-0.25, -0.2) is 4.79 Å². The van der Waals surface area contributed by atoms with Crippen LogP contribution in [-0.2, 0) is 28.6 Å². The van der Waals surface area contributed by atoms with Crippen LogP contribution >= 0.6 is 0 Å². The predicted octanol–water partition coefficient (Wildman–Crippen LogP) is 2.51. The van der Waals surface area contributed by atoms with Crippen molar-refractivity contribution >= 4 is 17.9 Å². The zero-order valence-corrected chi connectivity index (χ0v) is 16.4. The van der Waals surface area contributed by atoms with Gasteiger partial charge in [0.15, 0.2) is 0 Å². The Morgan fingerprint density at radius 1 is 1.10 bits per heavy atom. The molecule has 0 spiro atoms. The Kier molecular flexibility index (Phi) is 3.61. The summed E-state index contributed by atoms with van der Waals surface area (Å²) in [5.74, 6) is -2.71. The molecule has 9 heteroatoms. The number of carboxylic acid groups (broad SMARTS) is 1. The second-order valence-electron chi connectivity index (χ2n) is 10.6. The lowest BCUT2D eigenvalue weighted by Gasteiger charge is -2.60. The number of carbonyl (C=O) groups excluding carboxylic acids is 2. The summed E-state index contributed by atoms with van der Waals surface area (Å²) in [5, 5.41) is 8.84. The molecule has 164 valence electrons. The molecule has 7 atom stereocenters. The van der Waals surface area contributed by atoms with Crippen LogP contribution in [0.2, 0.25) is 0 Å². The number of alkyl halides is 2. The second-order valence-corrected chi connectivity index (χ2v) is 10.6. The molecule has 1 aliphatic heterocycles. The molecule has 7 fully saturated rings. The summed E-state index contributed by atoms with van der Waals surface area (Å²) in [6, 6.07) is 0. The number of carbonyl (C=O) groups is 3. The van der Waals surface area contributed by atoms with E-state index in [0.29, 0.717) is 32.1 Å². The first kappa shape index (κ1) is 19.0. The van der Waals surface area contributed by atoms with Crippen molar-refractivity contribution in [3.8, 4) is 0 Å². The molecule has 7 nitrogen and oxygen atoms in total. The maximum atomic E-state index is 14.0. The van der Waals surface area contributed by atoms with Crippen molar-refractivity contribution < 1.29 is 42.5 Å². The van der Waals surface area contributed by atoms with Gasteiger partial charge in [0.2, 0.25) is 0 Å². The van der Waals surface area contributed by atoms with Crippen molar-refractivity contribution in [1.29, 1.82) is 0 Å². The van der Waals surface area contributed by atoms with Crippen LogP contribution in [0.3, 0.4) is 0 Å². The van der Waals surface area contributed by atoms with Gasteiger partial charge in [0.1, 0.15) is 12.2 Å². The van der Waals surface area contributed by atoms with Gasteiger partial charge in [-0.1, -0.05) is 0 Å². The summed E-state index contributed by atoms with van der Waals surface area (Å²) in [6.45, 7) is 0. The maximum absolute atomic E-state index is 14.0. The Bertz CT molecular complexity index is 827. The van der Waals surface area contributed by atoms with Crippen LogP contribution in [0.1, 0.15) is 51.4 Å². The number of ether oxygens (including phenoxy) is 3. The molecular formula is C21H24F2O7. The maximum Gasteiger partial charge on any atom is 0.456 e. The molecule has 0 aromatic rings. The number of halogens is 2. The molecule has 6 bridgehead atoms. The van der Waals surface area contributed by atoms with Gasteiger partial charge in [-0.3, -0.25) is 9.59 Å². The highest BCUT2D eigenvalue weighted by Gasteiger charge is 2.67. The molecule has 1 N–H and O–H groups in total. The minimum atomic E-state index is -4.28. The third-order valence-electron chi connectivity index (χ3n) is 8.69. The molecule has 0 radical (unpaired) electrons. The van der Waals surface area contributed by atoms with Gasteiger partial charge in [-0.05, 0) is 63.2 Å². The average Bonchev–Trinajstić information content (AvgIpc) is 3.24. The van der Waals surface area contributed by atoms with Gasteiger partial charge in [-0.15, -0.1) is 0 Å². The Hall–Kier alpha value is -1.77. The third kappa shape index (κ3) is 2.47. The number of esters is 2. The van der Waals surface area contributed by atoms with Gasteiger partial charge in [0.25, 0.3) is 0 Å². The van der Waals surface area contributed by atoms with Crippen LogP contribution in [0.5, 0.6) is 0 Å². The van der Waals surface area contributed by atoms with E-state index in [4.69, 9.17) is 19.3 Å². The van der Waals surface area contributed by atoms with Crippen LogP contribution in [-0.4, -0.2) is 46.9 Å². The van der Waals surface area contributed by atoms with Crippen molar-refractivity contribution in [3.05, 3.63) is 0 Å². The summed E-state index contributed by atoms with van der Waals surface area (Å²) in [5.41, 5.74) is -2.24. The lowest BCUT2D eigenvalue weighted by Crippen LogP contribution is -2.62. The zero-order valence-electron chi connectivity index (χ0n) is 16.4. The van der Waals surface area contributed by atoms with Gasteiger partial charge >= 0.3 is 24.0 Å². The predicted molar refractivity (Wildman–Crippen MR) is 93.0 cm³/mol. The van der Waals surface area contributed by atoms with Gasteiger partial charge < -0.3 is 19.3 Å². The van der Waals surface area contributed by atoms with Gasteiger partial charge in [-0.2, -0.15) is 8.78 Å². The molecule has 30 heavy (non-hydrogen) atoms. The third-order valence-corrected chi connectivity index (χ3v) is 8.69. The molecule has 0 amide bonds. The molecule has 6 aliphatic carbocycles. The summed E-state index contributed by atoms with van der Waals surface area (Å²) in [7, 11) is 0. The largest absolute Gasteiger partial charge is 0.475 e. The van der Waals surface area contributed by atoms with E-state index in [0.717, 1.165) is 12.8 Å². The fourth-order valence-corrected chi connectivity index (χ4v) is 8.17. The molecule has 7 unspecified atom stereocenters. The molecule has 7 aliphatic rings. The van der Waals surface area contributed by atoms with E-state index in [2.05, 4.69) is 0 Å². The van der Waals surface area contributed by atoms with Crippen LogP contribution in [0.4, 0.5) is 8.78 Å². The first-order valence-electron chi connectivity index (χ1n) is 10.8. The number of aliphatic carboxylic acids is 1. The minimum Gasteiger partial charge on any atom is -0.475 e. The Morgan fingerprint density at radius 3 is 2.47 bits per heavy atom. The molecule has 0 aromatic heterocycles. The van der Waals surface area contributed by atoms with E-state index in [9.17, 15) is 23.2 Å². The van der Waals surface area contributed by atoms with Crippen molar-refractivity contribution in [2.45, 2.75) is 75.3 Å². The lowest BCUT2D eigenvalue weighted by atomic mass is 9.48. The normalized spacial score (nSPS) is 50.1. The number of rotatable bonds is 5. The van der Waals surface area contributed by atoms with Crippen molar-refractivity contribution in [2.75, 3.05) is 0 Å². The quantitative estimate of drug-likeness (QED) is 0.675. The van der Waals surface area contributed by atoms with Crippen LogP contribution in [0.15, 0.2) is 0 Å². The molecule has 1 saturated heterocycles. The standard InChI is InChI=1S/C21H24F2O7/c22-21(23,17(25)26)30-20-6-9-1-10(7-20)5-19(4-9,8-20)18(27)29-14-11-2-12-13(3-11)16(24)28-15(12)14/h9-15H,1-8H2,(H,25,26). The topological polar surface area (TPSA) is 99.1 Å². The van der Waals surface area contributed by atoms with E-state index >= 15 is 0 Å². The fraction of sp³-hybridized carbons (Fsp3) is 0.857.